The summed E-state index contributed by atoms with van der Waals surface area (Å²) in [5.41, 5.74) is 10.6. The molecule has 2 aliphatic rings. The van der Waals surface area contributed by atoms with Crippen LogP contribution in [0, 0.1) is 0 Å². The first-order valence-corrected chi connectivity index (χ1v) is 11.6. The molecule has 0 bridgehead atoms. The van der Waals surface area contributed by atoms with Crippen LogP contribution in [0.4, 0.5) is 5.69 Å². The molecule has 2 fully saturated rings. The Balaban J connectivity index is 1.74. The van der Waals surface area contributed by atoms with Crippen LogP contribution in [0.1, 0.15) is 18.4 Å². The van der Waals surface area contributed by atoms with Crippen LogP contribution >= 0.6 is 0 Å². The van der Waals surface area contributed by atoms with Crippen LogP contribution in [0.3, 0.4) is 0 Å². The Labute approximate surface area is 143 Å². The average Bonchev–Trinajstić information content (AvgIpc) is 3.02. The van der Waals surface area contributed by atoms with Crippen LogP contribution in [0.5, 0.6) is 0 Å². The Morgan fingerprint density at radius 1 is 1.00 bits per heavy atom. The average molecular weight is 374 g/mol. The third kappa shape index (κ3) is 4.47. The van der Waals surface area contributed by atoms with Crippen LogP contribution in [0.2, 0.25) is 0 Å². The van der Waals surface area contributed by atoms with E-state index in [9.17, 15) is 16.8 Å². The minimum atomic E-state index is -3.02. The number of nitrogen functional groups attached to an aromatic ring is 1. The molecule has 0 spiro atoms. The van der Waals surface area contributed by atoms with Gasteiger partial charge in [-0.15, -0.1) is 0 Å². The standard InChI is InChI=1S/C15H23N3O4S2/c16-13-3-1-12(2-4-13)9-18(15-6-8-24(21,22)11-15)17-14-5-7-23(19,20)10-14/h1-4,14-15,17H,5-11,16H2/t14-,15+/m0/s1. The highest BCUT2D eigenvalue weighted by molar-refractivity contribution is 7.91. The van der Waals surface area contributed by atoms with E-state index in [4.69, 9.17) is 5.73 Å². The lowest BCUT2D eigenvalue weighted by molar-refractivity contribution is 0.108. The smallest absolute Gasteiger partial charge is 0.151 e. The summed E-state index contributed by atoms with van der Waals surface area (Å²) in [4.78, 5) is 0. The number of hydrazine groups is 1. The fourth-order valence-electron chi connectivity index (χ4n) is 3.25. The van der Waals surface area contributed by atoms with Gasteiger partial charge in [0.05, 0.1) is 23.0 Å². The van der Waals surface area contributed by atoms with E-state index in [-0.39, 0.29) is 35.1 Å². The maximum Gasteiger partial charge on any atom is 0.151 e. The van der Waals surface area contributed by atoms with Crippen molar-refractivity contribution in [1.82, 2.24) is 10.4 Å². The molecule has 3 N–H and O–H groups in total. The number of rotatable bonds is 5. The molecule has 0 unspecified atom stereocenters. The molecular formula is C15H23N3O4S2. The molecule has 2 atom stereocenters. The van der Waals surface area contributed by atoms with E-state index in [0.717, 1.165) is 5.56 Å². The minimum Gasteiger partial charge on any atom is -0.399 e. The van der Waals surface area contributed by atoms with Crippen molar-refractivity contribution in [2.24, 2.45) is 0 Å². The van der Waals surface area contributed by atoms with Gasteiger partial charge in [-0.2, -0.15) is 0 Å². The molecule has 3 rings (SSSR count). The first-order valence-electron chi connectivity index (χ1n) is 8.00. The second-order valence-corrected chi connectivity index (χ2v) is 11.1. The Kier molecular flexibility index (Phi) is 4.87. The van der Waals surface area contributed by atoms with Gasteiger partial charge in [0.15, 0.2) is 19.7 Å². The lowest BCUT2D eigenvalue weighted by atomic mass is 10.1. The van der Waals surface area contributed by atoms with Crippen LogP contribution in [-0.2, 0) is 26.2 Å². The van der Waals surface area contributed by atoms with Crippen LogP contribution < -0.4 is 11.2 Å². The Morgan fingerprint density at radius 2 is 1.62 bits per heavy atom. The lowest BCUT2D eigenvalue weighted by Gasteiger charge is -2.31. The predicted octanol–water partition coefficient (Wildman–Crippen LogP) is -0.0504. The largest absolute Gasteiger partial charge is 0.399 e. The number of nitrogens with one attached hydrogen (secondary N) is 1. The van der Waals surface area contributed by atoms with E-state index < -0.39 is 19.7 Å². The number of hydrogen-bond donors (Lipinski definition) is 2. The molecule has 134 valence electrons. The van der Waals surface area contributed by atoms with E-state index in [1.807, 2.05) is 17.1 Å². The normalized spacial score (nSPS) is 28.4. The number of hydrogen-bond acceptors (Lipinski definition) is 7. The molecule has 24 heavy (non-hydrogen) atoms. The van der Waals surface area contributed by atoms with E-state index in [0.29, 0.717) is 25.1 Å². The molecule has 2 aliphatic heterocycles. The van der Waals surface area contributed by atoms with Crippen molar-refractivity contribution in [3.63, 3.8) is 0 Å². The van der Waals surface area contributed by atoms with Crippen molar-refractivity contribution in [1.29, 1.82) is 0 Å². The summed E-state index contributed by atoms with van der Waals surface area (Å²) < 4.78 is 47.0. The number of benzene rings is 1. The molecule has 2 saturated heterocycles. The molecule has 7 nitrogen and oxygen atoms in total. The molecule has 2 heterocycles. The van der Waals surface area contributed by atoms with Crippen LogP contribution in [0.25, 0.3) is 0 Å². The fourth-order valence-corrected chi connectivity index (χ4v) is 6.65. The SMILES string of the molecule is Nc1ccc(CN(N[C@H]2CCS(=O)(=O)C2)[C@@H]2CCS(=O)(=O)C2)cc1. The maximum absolute atomic E-state index is 11.8. The zero-order chi connectivity index (χ0) is 17.4. The number of sulfone groups is 2. The van der Waals surface area contributed by atoms with E-state index in [1.165, 1.54) is 0 Å². The molecule has 0 aromatic heterocycles. The summed E-state index contributed by atoms with van der Waals surface area (Å²) in [5.74, 6) is 0.572. The zero-order valence-corrected chi connectivity index (χ0v) is 15.0. The number of nitrogens with two attached hydrogens (primary N) is 1. The first-order chi connectivity index (χ1) is 11.2. The highest BCUT2D eigenvalue weighted by Crippen LogP contribution is 2.21. The summed E-state index contributed by atoms with van der Waals surface area (Å²) in [7, 11) is -6.01. The lowest BCUT2D eigenvalue weighted by Crippen LogP contribution is -2.50. The van der Waals surface area contributed by atoms with Gasteiger partial charge in [-0.05, 0) is 30.5 Å². The van der Waals surface area contributed by atoms with Gasteiger partial charge in [-0.1, -0.05) is 12.1 Å². The van der Waals surface area contributed by atoms with Crippen molar-refractivity contribution >= 4 is 25.4 Å². The Hall–Kier alpha value is -1.16. The molecule has 0 saturated carbocycles. The molecule has 0 aliphatic carbocycles. The second-order valence-electron chi connectivity index (χ2n) is 6.66. The van der Waals surface area contributed by atoms with Crippen molar-refractivity contribution in [3.05, 3.63) is 29.8 Å². The number of nitrogens with zero attached hydrogens (tertiary/aromatic N) is 1. The summed E-state index contributed by atoms with van der Waals surface area (Å²) in [5, 5.41) is 1.90. The number of anilines is 1. The summed E-state index contributed by atoms with van der Waals surface area (Å²) in [6, 6.07) is 7.11. The highest BCUT2D eigenvalue weighted by atomic mass is 32.2. The predicted molar refractivity (Wildman–Crippen MR) is 93.7 cm³/mol. The first kappa shape index (κ1) is 17.7. The van der Waals surface area contributed by atoms with Crippen LogP contribution in [-0.4, -0.2) is 56.9 Å². The van der Waals surface area contributed by atoms with Crippen molar-refractivity contribution in [3.8, 4) is 0 Å². The quantitative estimate of drug-likeness (QED) is 0.550. The second kappa shape index (κ2) is 6.62. The molecule has 1 aromatic carbocycles. The van der Waals surface area contributed by atoms with E-state index in [1.54, 1.807) is 12.1 Å². The summed E-state index contributed by atoms with van der Waals surface area (Å²) in [6.07, 6.45) is 1.11. The maximum atomic E-state index is 11.8. The third-order valence-electron chi connectivity index (χ3n) is 4.56. The van der Waals surface area contributed by atoms with Gasteiger partial charge in [0, 0.05) is 24.3 Å². The minimum absolute atomic E-state index is 0.102. The molecular weight excluding hydrogens is 350 g/mol. The van der Waals surface area contributed by atoms with Gasteiger partial charge < -0.3 is 5.73 Å². The van der Waals surface area contributed by atoms with Gasteiger partial charge in [-0.3, -0.25) is 5.43 Å². The van der Waals surface area contributed by atoms with Crippen molar-refractivity contribution in [2.75, 3.05) is 28.7 Å². The molecule has 0 amide bonds. The van der Waals surface area contributed by atoms with Crippen molar-refractivity contribution < 1.29 is 16.8 Å². The Bertz CT molecular complexity index is 791. The fraction of sp³-hybridized carbons (Fsp3) is 0.600. The zero-order valence-electron chi connectivity index (χ0n) is 13.4. The highest BCUT2D eigenvalue weighted by Gasteiger charge is 2.35. The Morgan fingerprint density at radius 3 is 2.17 bits per heavy atom. The van der Waals surface area contributed by atoms with Crippen LogP contribution in [0.15, 0.2) is 24.3 Å². The van der Waals surface area contributed by atoms with Gasteiger partial charge >= 0.3 is 0 Å². The topological polar surface area (TPSA) is 110 Å². The molecule has 1 aromatic rings. The van der Waals surface area contributed by atoms with E-state index in [2.05, 4.69) is 5.43 Å². The molecule has 0 radical (unpaired) electrons. The van der Waals surface area contributed by atoms with Gasteiger partial charge in [-0.25, -0.2) is 21.8 Å². The monoisotopic (exact) mass is 373 g/mol. The van der Waals surface area contributed by atoms with Crippen molar-refractivity contribution in [2.45, 2.75) is 31.5 Å². The molecule has 9 heteroatoms. The summed E-state index contributed by atoms with van der Waals surface area (Å²) in [6.45, 7) is 0.511. The van der Waals surface area contributed by atoms with Gasteiger partial charge in [0.25, 0.3) is 0 Å². The summed E-state index contributed by atoms with van der Waals surface area (Å²) >= 11 is 0. The van der Waals surface area contributed by atoms with Gasteiger partial charge in [0.1, 0.15) is 0 Å². The third-order valence-corrected chi connectivity index (χ3v) is 8.08. The van der Waals surface area contributed by atoms with Gasteiger partial charge in [0.2, 0.25) is 0 Å². The van der Waals surface area contributed by atoms with E-state index >= 15 is 0 Å².